The predicted molar refractivity (Wildman–Crippen MR) is 44.8 cm³/mol. The zero-order valence-corrected chi connectivity index (χ0v) is 6.47. The third kappa shape index (κ3) is 2.11. The molecule has 0 aliphatic heterocycles. The second-order valence-corrected chi connectivity index (χ2v) is 3.28. The molecule has 1 heterocycles. The standard InChI is InChI=1S/C6H7NS2/c7-6(8)4-5-2-1-3-9-5/h1-3H,4H2,(H2,7,8). The van der Waals surface area contributed by atoms with Crippen LogP contribution in [-0.4, -0.2) is 4.99 Å². The van der Waals surface area contributed by atoms with Crippen LogP contribution in [0.4, 0.5) is 0 Å². The molecule has 0 fully saturated rings. The minimum atomic E-state index is 0.567. The molecule has 0 aliphatic carbocycles. The molecule has 1 aromatic rings. The summed E-state index contributed by atoms with van der Waals surface area (Å²) in [5.41, 5.74) is 5.32. The maximum atomic E-state index is 5.32. The van der Waals surface area contributed by atoms with Gasteiger partial charge >= 0.3 is 0 Å². The van der Waals surface area contributed by atoms with Gasteiger partial charge in [0.15, 0.2) is 0 Å². The van der Waals surface area contributed by atoms with Gasteiger partial charge in [0.1, 0.15) is 0 Å². The molecule has 0 saturated heterocycles. The van der Waals surface area contributed by atoms with Gasteiger partial charge in [-0.05, 0) is 11.4 Å². The lowest BCUT2D eigenvalue weighted by molar-refractivity contribution is 1.41. The zero-order chi connectivity index (χ0) is 6.69. The Morgan fingerprint density at radius 1 is 1.78 bits per heavy atom. The van der Waals surface area contributed by atoms with Gasteiger partial charge in [-0.25, -0.2) is 0 Å². The molecule has 0 bridgehead atoms. The second-order valence-electron chi connectivity index (χ2n) is 1.72. The first-order chi connectivity index (χ1) is 4.29. The third-order valence-electron chi connectivity index (χ3n) is 0.929. The van der Waals surface area contributed by atoms with E-state index >= 15 is 0 Å². The van der Waals surface area contributed by atoms with Crippen molar-refractivity contribution in [1.82, 2.24) is 0 Å². The highest BCUT2D eigenvalue weighted by Gasteiger charge is 1.92. The average Bonchev–Trinajstić information content (AvgIpc) is 2.15. The van der Waals surface area contributed by atoms with Crippen LogP contribution in [0.1, 0.15) is 4.88 Å². The highest BCUT2D eigenvalue weighted by atomic mass is 32.1. The summed E-state index contributed by atoms with van der Waals surface area (Å²) < 4.78 is 0. The van der Waals surface area contributed by atoms with Gasteiger partial charge in [0.25, 0.3) is 0 Å². The van der Waals surface area contributed by atoms with Gasteiger partial charge in [0, 0.05) is 11.3 Å². The van der Waals surface area contributed by atoms with Crippen LogP contribution < -0.4 is 5.73 Å². The first kappa shape index (κ1) is 6.71. The molecule has 1 nitrogen and oxygen atoms in total. The van der Waals surface area contributed by atoms with E-state index in [4.69, 9.17) is 18.0 Å². The topological polar surface area (TPSA) is 26.0 Å². The SMILES string of the molecule is NC(=S)Cc1cccs1. The summed E-state index contributed by atoms with van der Waals surface area (Å²) in [6.07, 6.45) is 0.743. The van der Waals surface area contributed by atoms with Crippen molar-refractivity contribution in [1.29, 1.82) is 0 Å². The summed E-state index contributed by atoms with van der Waals surface area (Å²) in [6, 6.07) is 4.03. The fourth-order valence-corrected chi connectivity index (χ4v) is 1.56. The predicted octanol–water partition coefficient (Wildman–Crippen LogP) is 1.58. The number of nitrogens with two attached hydrogens (primary N) is 1. The van der Waals surface area contributed by atoms with Crippen molar-refractivity contribution in [3.05, 3.63) is 22.4 Å². The number of rotatable bonds is 2. The summed E-state index contributed by atoms with van der Waals surface area (Å²) in [5.74, 6) is 0. The fourth-order valence-electron chi connectivity index (χ4n) is 0.585. The number of thiocarbonyl (C=S) groups is 1. The molecule has 2 N–H and O–H groups in total. The van der Waals surface area contributed by atoms with E-state index in [-0.39, 0.29) is 0 Å². The second kappa shape index (κ2) is 2.94. The summed E-state index contributed by atoms with van der Waals surface area (Å²) in [7, 11) is 0. The van der Waals surface area contributed by atoms with E-state index in [1.54, 1.807) is 11.3 Å². The Labute approximate surface area is 63.5 Å². The molecule has 0 atom stereocenters. The highest BCUT2D eigenvalue weighted by Crippen LogP contribution is 2.08. The van der Waals surface area contributed by atoms with Crippen molar-refractivity contribution in [2.45, 2.75) is 6.42 Å². The lowest BCUT2D eigenvalue weighted by Crippen LogP contribution is -2.09. The van der Waals surface area contributed by atoms with Gasteiger partial charge in [-0.1, -0.05) is 18.3 Å². The van der Waals surface area contributed by atoms with Gasteiger partial charge < -0.3 is 5.73 Å². The minimum Gasteiger partial charge on any atom is -0.393 e. The monoisotopic (exact) mass is 157 g/mol. The maximum Gasteiger partial charge on any atom is 0.0780 e. The summed E-state index contributed by atoms with van der Waals surface area (Å²) in [5, 5.41) is 2.02. The van der Waals surface area contributed by atoms with Crippen LogP contribution >= 0.6 is 23.6 Å². The van der Waals surface area contributed by atoms with Crippen LogP contribution in [0.15, 0.2) is 17.5 Å². The lowest BCUT2D eigenvalue weighted by Gasteiger charge is -1.89. The Morgan fingerprint density at radius 3 is 3.00 bits per heavy atom. The minimum absolute atomic E-state index is 0.567. The molecule has 0 amide bonds. The van der Waals surface area contributed by atoms with Gasteiger partial charge in [0.2, 0.25) is 0 Å². The van der Waals surface area contributed by atoms with Crippen LogP contribution in [0.2, 0.25) is 0 Å². The molecule has 0 aromatic carbocycles. The molecule has 48 valence electrons. The van der Waals surface area contributed by atoms with Gasteiger partial charge in [0.05, 0.1) is 4.99 Å². The van der Waals surface area contributed by atoms with E-state index < -0.39 is 0 Å². The molecular formula is C6H7NS2. The molecule has 3 heteroatoms. The normalized spacial score (nSPS) is 9.33. The van der Waals surface area contributed by atoms with Gasteiger partial charge in [-0.2, -0.15) is 0 Å². The Morgan fingerprint density at radius 2 is 2.56 bits per heavy atom. The van der Waals surface area contributed by atoms with Crippen molar-refractivity contribution in [2.75, 3.05) is 0 Å². The van der Waals surface area contributed by atoms with Crippen LogP contribution in [0.3, 0.4) is 0 Å². The Balaban J connectivity index is 2.58. The quantitative estimate of drug-likeness (QED) is 0.660. The van der Waals surface area contributed by atoms with Crippen LogP contribution in [0.25, 0.3) is 0 Å². The molecule has 0 saturated carbocycles. The van der Waals surface area contributed by atoms with E-state index in [9.17, 15) is 0 Å². The van der Waals surface area contributed by atoms with E-state index in [2.05, 4.69) is 0 Å². The van der Waals surface area contributed by atoms with Crippen molar-refractivity contribution in [3.8, 4) is 0 Å². The molecular weight excluding hydrogens is 150 g/mol. The summed E-state index contributed by atoms with van der Waals surface area (Å²) in [4.78, 5) is 1.81. The maximum absolute atomic E-state index is 5.32. The molecule has 0 spiro atoms. The Bertz CT molecular complexity index is 191. The summed E-state index contributed by atoms with van der Waals surface area (Å²) in [6.45, 7) is 0. The van der Waals surface area contributed by atoms with Crippen molar-refractivity contribution in [2.24, 2.45) is 5.73 Å². The van der Waals surface area contributed by atoms with Crippen molar-refractivity contribution >= 4 is 28.5 Å². The van der Waals surface area contributed by atoms with Crippen LogP contribution in [0, 0.1) is 0 Å². The molecule has 0 unspecified atom stereocenters. The van der Waals surface area contributed by atoms with E-state index in [0.29, 0.717) is 4.99 Å². The average molecular weight is 157 g/mol. The fraction of sp³-hybridized carbons (Fsp3) is 0.167. The van der Waals surface area contributed by atoms with E-state index in [1.165, 1.54) is 4.88 Å². The first-order valence-electron chi connectivity index (χ1n) is 2.60. The zero-order valence-electron chi connectivity index (χ0n) is 4.83. The summed E-state index contributed by atoms with van der Waals surface area (Å²) >= 11 is 6.41. The molecule has 1 aromatic heterocycles. The smallest absolute Gasteiger partial charge is 0.0780 e. The molecule has 1 rings (SSSR count). The van der Waals surface area contributed by atoms with Crippen LogP contribution in [0.5, 0.6) is 0 Å². The third-order valence-corrected chi connectivity index (χ3v) is 1.95. The van der Waals surface area contributed by atoms with Crippen LogP contribution in [-0.2, 0) is 6.42 Å². The Kier molecular flexibility index (Phi) is 2.19. The highest BCUT2D eigenvalue weighted by molar-refractivity contribution is 7.80. The number of hydrogen-bond donors (Lipinski definition) is 1. The van der Waals surface area contributed by atoms with E-state index in [0.717, 1.165) is 6.42 Å². The molecule has 9 heavy (non-hydrogen) atoms. The Hall–Kier alpha value is -0.410. The van der Waals surface area contributed by atoms with Gasteiger partial charge in [-0.3, -0.25) is 0 Å². The number of hydrogen-bond acceptors (Lipinski definition) is 2. The molecule has 0 radical (unpaired) electrons. The first-order valence-corrected chi connectivity index (χ1v) is 3.88. The largest absolute Gasteiger partial charge is 0.393 e. The van der Waals surface area contributed by atoms with Gasteiger partial charge in [-0.15, -0.1) is 11.3 Å². The number of thiophene rings is 1. The van der Waals surface area contributed by atoms with Crippen molar-refractivity contribution in [3.63, 3.8) is 0 Å². The van der Waals surface area contributed by atoms with E-state index in [1.807, 2.05) is 17.5 Å². The molecule has 0 aliphatic rings. The lowest BCUT2D eigenvalue weighted by atomic mass is 10.3. The van der Waals surface area contributed by atoms with Crippen molar-refractivity contribution < 1.29 is 0 Å².